The Balaban J connectivity index is 0.000000231. The Hall–Kier alpha value is -6.03. The summed E-state index contributed by atoms with van der Waals surface area (Å²) in [6.45, 7) is 5.41. The molecule has 6 rings (SSSR count). The van der Waals surface area contributed by atoms with Gasteiger partial charge in [-0.1, -0.05) is 6.07 Å². The molecule has 1 amide bonds. The number of hydrogen-bond acceptors (Lipinski definition) is 11. The number of rotatable bonds is 9. The molecular formula is C39H36F6N4O10S2. The molecule has 4 aromatic carbocycles. The number of nitrogens with zero attached hydrogens (tertiary/aromatic N) is 4. The minimum atomic E-state index is -4.71. The van der Waals surface area contributed by atoms with E-state index in [1.807, 2.05) is 13.8 Å². The minimum Gasteiger partial charge on any atom is -0.480 e. The molecule has 0 aliphatic carbocycles. The van der Waals surface area contributed by atoms with Crippen molar-refractivity contribution in [2.24, 2.45) is 0 Å². The van der Waals surface area contributed by atoms with Crippen LogP contribution >= 0.6 is 0 Å². The van der Waals surface area contributed by atoms with Crippen LogP contribution in [0.1, 0.15) is 51.3 Å². The van der Waals surface area contributed by atoms with Gasteiger partial charge in [-0.15, -0.1) is 0 Å². The highest BCUT2D eigenvalue weighted by molar-refractivity contribution is 7.91. The number of carbonyl (C=O) groups excluding carboxylic acids is 2. The monoisotopic (exact) mass is 898 g/mol. The Bertz CT molecular complexity index is 2790. The maximum Gasteiger partial charge on any atom is 0.425 e. The molecular weight excluding hydrogens is 863 g/mol. The molecule has 0 radical (unpaired) electrons. The lowest BCUT2D eigenvalue weighted by atomic mass is 10.1. The molecule has 2 heterocycles. The highest BCUT2D eigenvalue weighted by Gasteiger charge is 2.40. The average molecular weight is 899 g/mol. The first-order valence-electron chi connectivity index (χ1n) is 17.8. The predicted octanol–water partition coefficient (Wildman–Crippen LogP) is 7.61. The van der Waals surface area contributed by atoms with E-state index in [9.17, 15) is 62.9 Å². The summed E-state index contributed by atoms with van der Waals surface area (Å²) in [5, 5.41) is 11.1. The Kier molecular flexibility index (Phi) is 12.7. The number of nitro groups is 1. The molecule has 0 bridgehead atoms. The molecule has 61 heavy (non-hydrogen) atoms. The summed E-state index contributed by atoms with van der Waals surface area (Å²) in [6, 6.07) is 13.7. The van der Waals surface area contributed by atoms with Gasteiger partial charge in [0.05, 0.1) is 42.6 Å². The van der Waals surface area contributed by atoms with Crippen molar-refractivity contribution in [1.29, 1.82) is 0 Å². The zero-order valence-corrected chi connectivity index (χ0v) is 34.6. The number of amides is 1. The largest absolute Gasteiger partial charge is 0.480 e. The highest BCUT2D eigenvalue weighted by Crippen LogP contribution is 2.36. The molecule has 0 fully saturated rings. The van der Waals surface area contributed by atoms with Crippen molar-refractivity contribution < 1.29 is 67.2 Å². The number of anilines is 1. The van der Waals surface area contributed by atoms with Crippen LogP contribution in [0.25, 0.3) is 11.0 Å². The Labute approximate surface area is 344 Å². The lowest BCUT2D eigenvalue weighted by Gasteiger charge is -2.22. The van der Waals surface area contributed by atoms with Crippen LogP contribution in [0.5, 0.6) is 11.5 Å². The van der Waals surface area contributed by atoms with E-state index in [1.54, 1.807) is 12.1 Å². The molecule has 0 N–H and O–H groups in total. The zero-order valence-electron chi connectivity index (χ0n) is 33.0. The summed E-state index contributed by atoms with van der Waals surface area (Å²) in [6.07, 6.45) is -10.4. The molecule has 22 heteroatoms. The van der Waals surface area contributed by atoms with Crippen LogP contribution in [0, 0.1) is 24.0 Å². The van der Waals surface area contributed by atoms with E-state index >= 15 is 0 Å². The van der Waals surface area contributed by atoms with E-state index in [-0.39, 0.29) is 39.0 Å². The van der Waals surface area contributed by atoms with Crippen LogP contribution in [0.4, 0.5) is 37.7 Å². The SMILES string of the molecule is CC(Oc1ccc(S(C)(=O)=O)cc1C(=O)N1CCc2ccc([N+](=O)[O-])cc21)C(F)(F)F.Cc1cc2ncn(C(=O)c3cc(S(C)(=O)=O)ccc3OC(C)C(F)(F)F)c2cc1C. The van der Waals surface area contributed by atoms with Crippen molar-refractivity contribution in [2.45, 2.75) is 68.5 Å². The van der Waals surface area contributed by atoms with Gasteiger partial charge in [-0.3, -0.25) is 24.3 Å². The summed E-state index contributed by atoms with van der Waals surface area (Å²) >= 11 is 0. The third-order valence-electron chi connectivity index (χ3n) is 9.55. The Morgan fingerprint density at radius 1 is 0.754 bits per heavy atom. The molecule has 0 saturated carbocycles. The first-order chi connectivity index (χ1) is 28.1. The van der Waals surface area contributed by atoms with Crippen molar-refractivity contribution >= 4 is 53.9 Å². The second-order valence-electron chi connectivity index (χ2n) is 14.1. The number of halogens is 6. The number of fused-ring (bicyclic) bond motifs is 2. The third-order valence-corrected chi connectivity index (χ3v) is 11.8. The van der Waals surface area contributed by atoms with Gasteiger partial charge in [0.1, 0.15) is 17.8 Å². The van der Waals surface area contributed by atoms with Gasteiger partial charge in [-0.2, -0.15) is 26.3 Å². The zero-order chi connectivity index (χ0) is 45.6. The van der Waals surface area contributed by atoms with Crippen molar-refractivity contribution in [3.8, 4) is 11.5 Å². The smallest absolute Gasteiger partial charge is 0.425 e. The van der Waals surface area contributed by atoms with Gasteiger partial charge >= 0.3 is 12.4 Å². The number of imidazole rings is 1. The van der Waals surface area contributed by atoms with E-state index in [0.717, 1.165) is 83.4 Å². The summed E-state index contributed by atoms with van der Waals surface area (Å²) < 4.78 is 137. The molecule has 0 spiro atoms. The number of benzene rings is 4. The minimum absolute atomic E-state index is 0.118. The van der Waals surface area contributed by atoms with Crippen molar-refractivity contribution in [3.63, 3.8) is 0 Å². The number of hydrogen-bond donors (Lipinski definition) is 0. The molecule has 14 nitrogen and oxygen atoms in total. The Morgan fingerprint density at radius 3 is 1.72 bits per heavy atom. The van der Waals surface area contributed by atoms with Gasteiger partial charge in [0.25, 0.3) is 17.5 Å². The van der Waals surface area contributed by atoms with E-state index in [4.69, 9.17) is 9.47 Å². The first-order valence-corrected chi connectivity index (χ1v) is 21.6. The number of alkyl halides is 6. The second-order valence-corrected chi connectivity index (χ2v) is 18.1. The lowest BCUT2D eigenvalue weighted by Crippen LogP contribution is -2.33. The fourth-order valence-electron chi connectivity index (χ4n) is 5.93. The van der Waals surface area contributed by atoms with Crippen LogP contribution in [0.3, 0.4) is 0 Å². The van der Waals surface area contributed by atoms with Gasteiger partial charge in [0.2, 0.25) is 0 Å². The number of nitro benzene ring substituents is 1. The molecule has 326 valence electrons. The molecule has 1 aliphatic heterocycles. The molecule has 1 aliphatic rings. The second kappa shape index (κ2) is 16.8. The quantitative estimate of drug-likeness (QED) is 0.0806. The highest BCUT2D eigenvalue weighted by atomic mass is 32.2. The first kappa shape index (κ1) is 46.0. The van der Waals surface area contributed by atoms with Gasteiger partial charge in [0, 0.05) is 31.2 Å². The number of ether oxygens (including phenoxy) is 2. The average Bonchev–Trinajstić information content (AvgIpc) is 3.77. The number of carbonyl (C=O) groups is 2. The van der Waals surface area contributed by atoms with Crippen LogP contribution in [-0.2, 0) is 26.1 Å². The predicted molar refractivity (Wildman–Crippen MR) is 209 cm³/mol. The van der Waals surface area contributed by atoms with Gasteiger partial charge in [-0.25, -0.2) is 21.8 Å². The van der Waals surface area contributed by atoms with E-state index in [0.29, 0.717) is 23.0 Å². The van der Waals surface area contributed by atoms with Crippen molar-refractivity contribution in [3.05, 3.63) is 111 Å². The third kappa shape index (κ3) is 10.3. The summed E-state index contributed by atoms with van der Waals surface area (Å²) in [7, 11) is -7.48. The van der Waals surface area contributed by atoms with Crippen LogP contribution in [0.15, 0.2) is 82.8 Å². The number of aromatic nitrogens is 2. The number of non-ortho nitro benzene ring substituents is 1. The standard InChI is InChI=1S/C20H19F3N2O4S.C19H17F3N2O6S/c1-11-7-16-17(8-12(11)2)25(10-24-16)19(26)15-9-14(30(4,27)28)5-6-18(15)29-13(3)20(21,22)23;1-11(19(20,21)22)30-17-6-5-14(31(2,28)29)10-15(17)18(25)23-8-7-12-3-4-13(24(26)27)9-16(12)23/h5-10,13H,1-4H3;3-6,9-11H,7-8H2,1-2H3. The maximum atomic E-state index is 13.2. The number of sulfone groups is 2. The van der Waals surface area contributed by atoms with Crippen molar-refractivity contribution in [2.75, 3.05) is 24.0 Å². The topological polar surface area (TPSA) is 185 Å². The van der Waals surface area contributed by atoms with E-state index < -0.39 is 72.3 Å². The van der Waals surface area contributed by atoms with E-state index in [1.165, 1.54) is 24.5 Å². The summed E-state index contributed by atoms with van der Waals surface area (Å²) in [5.41, 5.74) is 2.74. The molecule has 5 aromatic rings. The summed E-state index contributed by atoms with van der Waals surface area (Å²) in [5.74, 6) is -2.39. The van der Waals surface area contributed by atoms with Crippen LogP contribution < -0.4 is 14.4 Å². The fraction of sp³-hybridized carbons (Fsp3) is 0.308. The molecule has 0 saturated heterocycles. The van der Waals surface area contributed by atoms with E-state index in [2.05, 4.69) is 4.98 Å². The lowest BCUT2D eigenvalue weighted by molar-refractivity contribution is -0.384. The van der Waals surface area contributed by atoms with Gasteiger partial charge in [-0.05, 0) is 99.3 Å². The van der Waals surface area contributed by atoms with Crippen LogP contribution in [0.2, 0.25) is 0 Å². The normalized spacial score (nSPS) is 14.1. The Morgan fingerprint density at radius 2 is 1.25 bits per heavy atom. The maximum absolute atomic E-state index is 13.2. The van der Waals surface area contributed by atoms with Crippen LogP contribution in [-0.4, -0.2) is 86.7 Å². The molecule has 1 aromatic heterocycles. The summed E-state index contributed by atoms with van der Waals surface area (Å²) in [4.78, 5) is 41.7. The number of aryl methyl sites for hydroxylation is 2. The van der Waals surface area contributed by atoms with Gasteiger partial charge in [0.15, 0.2) is 31.9 Å². The fourth-order valence-corrected chi connectivity index (χ4v) is 7.22. The molecule has 2 unspecified atom stereocenters. The molecule has 2 atom stereocenters. The van der Waals surface area contributed by atoms with Gasteiger partial charge < -0.3 is 14.4 Å². The van der Waals surface area contributed by atoms with Crippen molar-refractivity contribution in [1.82, 2.24) is 9.55 Å².